The van der Waals surface area contributed by atoms with Crippen molar-refractivity contribution >= 4 is 32.8 Å². The molecule has 0 unspecified atom stereocenters. The van der Waals surface area contributed by atoms with E-state index >= 15 is 0 Å². The van der Waals surface area contributed by atoms with Gasteiger partial charge in [0.15, 0.2) is 5.82 Å². The van der Waals surface area contributed by atoms with E-state index in [0.29, 0.717) is 11.8 Å². The van der Waals surface area contributed by atoms with Crippen molar-refractivity contribution in [3.05, 3.63) is 42.1 Å². The highest BCUT2D eigenvalue weighted by Gasteiger charge is 2.20. The zero-order valence-corrected chi connectivity index (χ0v) is 18.6. The molecular formula is C20H28N8O2S. The molecule has 0 bridgehead atoms. The van der Waals surface area contributed by atoms with Crippen LogP contribution in [0.25, 0.3) is 11.0 Å². The quantitative estimate of drug-likeness (QED) is 0.521. The largest absolute Gasteiger partial charge is 0.367 e. The van der Waals surface area contributed by atoms with Crippen molar-refractivity contribution in [2.24, 2.45) is 7.05 Å². The molecule has 1 aliphatic heterocycles. The molecule has 11 heteroatoms. The van der Waals surface area contributed by atoms with Crippen LogP contribution in [0.15, 0.2) is 36.5 Å². The second-order valence-corrected chi connectivity index (χ2v) is 9.64. The zero-order chi connectivity index (χ0) is 21.8. The van der Waals surface area contributed by atoms with Gasteiger partial charge in [0.1, 0.15) is 11.0 Å². The summed E-state index contributed by atoms with van der Waals surface area (Å²) in [6.07, 6.45) is 1.71. The predicted octanol–water partition coefficient (Wildman–Crippen LogP) is 0.647. The lowest BCUT2D eigenvalue weighted by Crippen LogP contribution is -2.45. The third-order valence-electron chi connectivity index (χ3n) is 5.36. The number of benzene rings is 1. The number of aromatic nitrogens is 4. The molecule has 2 aromatic heterocycles. The molecule has 1 saturated heterocycles. The minimum Gasteiger partial charge on any atom is -0.367 e. The topological polar surface area (TPSA) is 108 Å². The standard InChI is InChI=1S/C20H28N8O2S/c1-26-9-11-28(12-10-26)20-24-17-15-22-27(2)18(17)19(25-20)21-8-13-31(29,30)23-14-16-6-4-3-5-7-16/h3-7,15,23H,8-14H2,1-2H3,(H,21,24,25). The molecule has 0 radical (unpaired) electrons. The van der Waals surface area contributed by atoms with Crippen LogP contribution in [0.2, 0.25) is 0 Å². The fourth-order valence-corrected chi connectivity index (χ4v) is 4.41. The van der Waals surface area contributed by atoms with Gasteiger partial charge >= 0.3 is 0 Å². The molecule has 31 heavy (non-hydrogen) atoms. The molecule has 1 fully saturated rings. The Labute approximate surface area is 182 Å². The summed E-state index contributed by atoms with van der Waals surface area (Å²) in [5.41, 5.74) is 2.41. The average molecular weight is 445 g/mol. The second kappa shape index (κ2) is 9.16. The number of fused-ring (bicyclic) bond motifs is 1. The van der Waals surface area contributed by atoms with Gasteiger partial charge < -0.3 is 15.1 Å². The summed E-state index contributed by atoms with van der Waals surface area (Å²) in [4.78, 5) is 13.8. The van der Waals surface area contributed by atoms with Crippen LogP contribution < -0.4 is 14.9 Å². The van der Waals surface area contributed by atoms with Crippen LogP contribution in [0.3, 0.4) is 0 Å². The van der Waals surface area contributed by atoms with E-state index in [4.69, 9.17) is 4.98 Å². The van der Waals surface area contributed by atoms with Crippen LogP contribution in [-0.2, 0) is 23.6 Å². The van der Waals surface area contributed by atoms with E-state index in [1.165, 1.54) is 0 Å². The number of nitrogens with one attached hydrogen (secondary N) is 2. The van der Waals surface area contributed by atoms with E-state index in [2.05, 4.69) is 37.0 Å². The number of nitrogens with zero attached hydrogens (tertiary/aromatic N) is 6. The number of anilines is 2. The van der Waals surface area contributed by atoms with Crippen molar-refractivity contribution in [1.29, 1.82) is 0 Å². The SMILES string of the molecule is CN1CCN(c2nc(NCCS(=O)(=O)NCc3ccccc3)c3c(cnn3C)n2)CC1. The Balaban J connectivity index is 1.44. The first-order valence-electron chi connectivity index (χ1n) is 10.3. The van der Waals surface area contributed by atoms with Crippen molar-refractivity contribution in [2.45, 2.75) is 6.54 Å². The molecule has 0 aliphatic carbocycles. The van der Waals surface area contributed by atoms with E-state index in [-0.39, 0.29) is 18.8 Å². The third-order valence-corrected chi connectivity index (χ3v) is 6.69. The van der Waals surface area contributed by atoms with Crippen LogP contribution in [-0.4, -0.2) is 78.6 Å². The summed E-state index contributed by atoms with van der Waals surface area (Å²) in [6.45, 7) is 4.09. The number of rotatable bonds is 8. The van der Waals surface area contributed by atoms with Gasteiger partial charge in [0.25, 0.3) is 0 Å². The van der Waals surface area contributed by atoms with E-state index < -0.39 is 10.0 Å². The molecule has 0 atom stereocenters. The summed E-state index contributed by atoms with van der Waals surface area (Å²) in [5.74, 6) is 1.17. The van der Waals surface area contributed by atoms with Crippen LogP contribution in [0, 0.1) is 0 Å². The molecule has 1 aliphatic rings. The third kappa shape index (κ3) is 5.30. The lowest BCUT2D eigenvalue weighted by molar-refractivity contribution is 0.311. The maximum Gasteiger partial charge on any atom is 0.228 e. The Morgan fingerprint density at radius 2 is 1.77 bits per heavy atom. The van der Waals surface area contributed by atoms with Crippen molar-refractivity contribution < 1.29 is 8.42 Å². The lowest BCUT2D eigenvalue weighted by Gasteiger charge is -2.32. The van der Waals surface area contributed by atoms with E-state index in [1.54, 1.807) is 10.9 Å². The Kier molecular flexibility index (Phi) is 6.35. The van der Waals surface area contributed by atoms with E-state index in [9.17, 15) is 8.42 Å². The van der Waals surface area contributed by atoms with Gasteiger partial charge in [-0.25, -0.2) is 18.1 Å². The molecule has 10 nitrogen and oxygen atoms in total. The smallest absolute Gasteiger partial charge is 0.228 e. The molecule has 3 heterocycles. The number of sulfonamides is 1. The Hall–Kier alpha value is -2.76. The Bertz CT molecular complexity index is 1120. The molecule has 2 N–H and O–H groups in total. The highest BCUT2D eigenvalue weighted by Crippen LogP contribution is 2.23. The summed E-state index contributed by atoms with van der Waals surface area (Å²) in [7, 11) is 0.492. The van der Waals surface area contributed by atoms with Crippen LogP contribution in [0.4, 0.5) is 11.8 Å². The number of hydrogen-bond acceptors (Lipinski definition) is 8. The minimum atomic E-state index is -3.43. The molecule has 3 aromatic rings. The lowest BCUT2D eigenvalue weighted by atomic mass is 10.2. The zero-order valence-electron chi connectivity index (χ0n) is 17.8. The summed E-state index contributed by atoms with van der Waals surface area (Å²) in [6, 6.07) is 9.45. The van der Waals surface area contributed by atoms with Gasteiger partial charge in [-0.15, -0.1) is 0 Å². The molecule has 166 valence electrons. The van der Waals surface area contributed by atoms with Crippen molar-refractivity contribution in [3.8, 4) is 0 Å². The summed E-state index contributed by atoms with van der Waals surface area (Å²) < 4.78 is 29.2. The maximum atomic E-state index is 12.4. The molecule has 0 saturated carbocycles. The minimum absolute atomic E-state index is 0.0625. The highest BCUT2D eigenvalue weighted by molar-refractivity contribution is 7.89. The van der Waals surface area contributed by atoms with Gasteiger partial charge in [-0.3, -0.25) is 4.68 Å². The van der Waals surface area contributed by atoms with Gasteiger partial charge in [0.05, 0.1) is 11.9 Å². The van der Waals surface area contributed by atoms with Crippen LogP contribution in [0.1, 0.15) is 5.56 Å². The first kappa shape index (κ1) is 21.5. The Morgan fingerprint density at radius 1 is 1.03 bits per heavy atom. The van der Waals surface area contributed by atoms with Gasteiger partial charge in [0.2, 0.25) is 16.0 Å². The average Bonchev–Trinajstić information content (AvgIpc) is 3.14. The first-order valence-corrected chi connectivity index (χ1v) is 11.9. The van der Waals surface area contributed by atoms with Crippen molar-refractivity contribution in [2.75, 3.05) is 55.7 Å². The van der Waals surface area contributed by atoms with Gasteiger partial charge in [-0.2, -0.15) is 10.1 Å². The number of hydrogen-bond donors (Lipinski definition) is 2. The summed E-state index contributed by atoms with van der Waals surface area (Å²) >= 11 is 0. The molecule has 0 amide bonds. The molecule has 0 spiro atoms. The second-order valence-electron chi connectivity index (χ2n) is 7.72. The van der Waals surface area contributed by atoms with Crippen molar-refractivity contribution in [1.82, 2.24) is 29.4 Å². The molecular weight excluding hydrogens is 416 g/mol. The number of likely N-dealkylation sites (N-methyl/N-ethyl adjacent to an activating group) is 1. The predicted molar refractivity (Wildman–Crippen MR) is 122 cm³/mol. The maximum absolute atomic E-state index is 12.4. The normalized spacial score (nSPS) is 15.5. The first-order chi connectivity index (χ1) is 14.9. The molecule has 1 aromatic carbocycles. The fourth-order valence-electron chi connectivity index (χ4n) is 3.50. The summed E-state index contributed by atoms with van der Waals surface area (Å²) in [5, 5.41) is 7.48. The van der Waals surface area contributed by atoms with Gasteiger partial charge in [-0.1, -0.05) is 30.3 Å². The van der Waals surface area contributed by atoms with E-state index in [1.807, 2.05) is 37.4 Å². The monoisotopic (exact) mass is 444 g/mol. The van der Waals surface area contributed by atoms with Gasteiger partial charge in [-0.05, 0) is 12.6 Å². The van der Waals surface area contributed by atoms with E-state index in [0.717, 1.165) is 42.8 Å². The number of aryl methyl sites for hydroxylation is 1. The fraction of sp³-hybridized carbons (Fsp3) is 0.450. The van der Waals surface area contributed by atoms with Crippen LogP contribution >= 0.6 is 0 Å². The van der Waals surface area contributed by atoms with Gasteiger partial charge in [0, 0.05) is 46.3 Å². The number of piperazine rings is 1. The van der Waals surface area contributed by atoms with Crippen molar-refractivity contribution in [3.63, 3.8) is 0 Å². The Morgan fingerprint density at radius 3 is 2.52 bits per heavy atom. The molecule has 4 rings (SSSR count). The van der Waals surface area contributed by atoms with Crippen LogP contribution in [0.5, 0.6) is 0 Å². The highest BCUT2D eigenvalue weighted by atomic mass is 32.2.